The number of unbranched alkanes of at least 4 members (excludes halogenated alkanes) is 1. The lowest BCUT2D eigenvalue weighted by atomic mass is 10.2. The molecule has 0 saturated heterocycles. The molecule has 0 saturated carbocycles. The summed E-state index contributed by atoms with van der Waals surface area (Å²) >= 11 is 5.76. The van der Waals surface area contributed by atoms with Crippen molar-refractivity contribution < 1.29 is 9.59 Å². The molecule has 22 heavy (non-hydrogen) atoms. The van der Waals surface area contributed by atoms with Crippen molar-refractivity contribution in [2.75, 3.05) is 19.6 Å². The molecule has 0 bridgehead atoms. The number of benzene rings is 1. The Morgan fingerprint density at radius 3 is 2.27 bits per heavy atom. The first-order chi connectivity index (χ1) is 10.1. The Hall–Kier alpha value is -1.30. The zero-order valence-electron chi connectivity index (χ0n) is 12.4. The quantitative estimate of drug-likeness (QED) is 0.598. The van der Waals surface area contributed by atoms with Crippen LogP contribution < -0.4 is 16.4 Å². The molecule has 0 aliphatic rings. The highest BCUT2D eigenvalue weighted by atomic mass is 35.5. The second-order valence-corrected chi connectivity index (χ2v) is 5.15. The minimum absolute atomic E-state index is 0. The van der Waals surface area contributed by atoms with Gasteiger partial charge in [0.25, 0.3) is 5.91 Å². The number of amides is 2. The van der Waals surface area contributed by atoms with Gasteiger partial charge in [-0.2, -0.15) is 0 Å². The lowest BCUT2D eigenvalue weighted by Gasteiger charge is -2.06. The molecule has 0 aromatic heterocycles. The van der Waals surface area contributed by atoms with Crippen LogP contribution in [0.1, 0.15) is 36.0 Å². The van der Waals surface area contributed by atoms with Gasteiger partial charge in [0.2, 0.25) is 5.91 Å². The Kier molecular flexibility index (Phi) is 11.5. The third-order valence-electron chi connectivity index (χ3n) is 2.93. The molecule has 124 valence electrons. The maximum Gasteiger partial charge on any atom is 0.251 e. The Morgan fingerprint density at radius 2 is 1.64 bits per heavy atom. The van der Waals surface area contributed by atoms with Crippen LogP contribution in [0, 0.1) is 0 Å². The summed E-state index contributed by atoms with van der Waals surface area (Å²) in [6.07, 6.45) is 2.83. The summed E-state index contributed by atoms with van der Waals surface area (Å²) in [5.41, 5.74) is 5.93. The smallest absolute Gasteiger partial charge is 0.251 e. The number of carbonyl (C=O) groups excluding carboxylic acids is 2. The van der Waals surface area contributed by atoms with Crippen molar-refractivity contribution in [2.24, 2.45) is 5.73 Å². The van der Waals surface area contributed by atoms with Crippen LogP contribution in [-0.2, 0) is 4.79 Å². The predicted molar refractivity (Wildman–Crippen MR) is 91.6 cm³/mol. The normalized spacial score (nSPS) is 9.73. The van der Waals surface area contributed by atoms with E-state index in [1.807, 2.05) is 0 Å². The van der Waals surface area contributed by atoms with Crippen LogP contribution in [0.3, 0.4) is 0 Å². The third kappa shape index (κ3) is 8.87. The zero-order valence-corrected chi connectivity index (χ0v) is 14.0. The van der Waals surface area contributed by atoms with Gasteiger partial charge in [0.05, 0.1) is 0 Å². The average molecular weight is 348 g/mol. The molecule has 2 amide bonds. The molecule has 4 N–H and O–H groups in total. The van der Waals surface area contributed by atoms with Gasteiger partial charge in [0.1, 0.15) is 0 Å². The Labute approximate surface area is 142 Å². The number of carbonyl (C=O) groups is 2. The minimum Gasteiger partial charge on any atom is -0.356 e. The first-order valence-electron chi connectivity index (χ1n) is 7.14. The molecule has 0 radical (unpaired) electrons. The van der Waals surface area contributed by atoms with E-state index in [1.165, 1.54) is 0 Å². The number of nitrogens with two attached hydrogens (primary N) is 1. The second-order valence-electron chi connectivity index (χ2n) is 4.71. The maximum absolute atomic E-state index is 11.8. The van der Waals surface area contributed by atoms with Crippen molar-refractivity contribution in [3.63, 3.8) is 0 Å². The molecule has 0 unspecified atom stereocenters. The molecule has 0 atom stereocenters. The lowest BCUT2D eigenvalue weighted by Crippen LogP contribution is -2.28. The van der Waals surface area contributed by atoms with E-state index < -0.39 is 0 Å². The van der Waals surface area contributed by atoms with Crippen LogP contribution in [0.2, 0.25) is 5.02 Å². The van der Waals surface area contributed by atoms with Crippen molar-refractivity contribution in [2.45, 2.75) is 25.7 Å². The van der Waals surface area contributed by atoms with Gasteiger partial charge < -0.3 is 16.4 Å². The summed E-state index contributed by atoms with van der Waals surface area (Å²) in [5.74, 6) is -0.150. The summed E-state index contributed by atoms with van der Waals surface area (Å²) in [4.78, 5) is 23.3. The molecular formula is C15H23Cl2N3O2. The van der Waals surface area contributed by atoms with Crippen LogP contribution >= 0.6 is 24.0 Å². The van der Waals surface area contributed by atoms with E-state index >= 15 is 0 Å². The highest BCUT2D eigenvalue weighted by Crippen LogP contribution is 2.09. The van der Waals surface area contributed by atoms with E-state index in [4.69, 9.17) is 17.3 Å². The standard InChI is InChI=1S/C15H22ClN3O2.ClH/c16-13-7-5-12(6-8-13)15(21)19-11-3-4-14(20)18-10-2-1-9-17;/h5-8H,1-4,9-11,17H2,(H,18,20)(H,19,21);1H. The molecule has 7 heteroatoms. The number of hydrogen-bond donors (Lipinski definition) is 3. The second kappa shape index (κ2) is 12.3. The molecule has 0 aliphatic carbocycles. The SMILES string of the molecule is Cl.NCCCCNC(=O)CCCNC(=O)c1ccc(Cl)cc1. The molecule has 0 spiro atoms. The van der Waals surface area contributed by atoms with Crippen LogP contribution in [0.5, 0.6) is 0 Å². The van der Waals surface area contributed by atoms with Gasteiger partial charge in [-0.1, -0.05) is 11.6 Å². The fourth-order valence-electron chi connectivity index (χ4n) is 1.74. The number of rotatable bonds is 9. The van der Waals surface area contributed by atoms with Crippen molar-refractivity contribution in [1.82, 2.24) is 10.6 Å². The molecule has 5 nitrogen and oxygen atoms in total. The first-order valence-corrected chi connectivity index (χ1v) is 7.52. The highest BCUT2D eigenvalue weighted by molar-refractivity contribution is 6.30. The van der Waals surface area contributed by atoms with Crippen LogP contribution in [0.4, 0.5) is 0 Å². The molecule has 0 aliphatic heterocycles. The van der Waals surface area contributed by atoms with Gasteiger partial charge in [0.15, 0.2) is 0 Å². The first kappa shape index (κ1) is 20.7. The average Bonchev–Trinajstić information content (AvgIpc) is 2.48. The van der Waals surface area contributed by atoms with Crippen molar-refractivity contribution in [1.29, 1.82) is 0 Å². The lowest BCUT2D eigenvalue weighted by molar-refractivity contribution is -0.121. The fourth-order valence-corrected chi connectivity index (χ4v) is 1.87. The van der Waals surface area contributed by atoms with Crippen LogP contribution in [0.25, 0.3) is 0 Å². The van der Waals surface area contributed by atoms with Crippen LogP contribution in [-0.4, -0.2) is 31.4 Å². The van der Waals surface area contributed by atoms with E-state index in [1.54, 1.807) is 24.3 Å². The van der Waals surface area contributed by atoms with E-state index in [9.17, 15) is 9.59 Å². The predicted octanol–water partition coefficient (Wildman–Crippen LogP) is 2.13. The molecule has 0 heterocycles. The van der Waals surface area contributed by atoms with Crippen molar-refractivity contribution in [3.8, 4) is 0 Å². The van der Waals surface area contributed by atoms with Gasteiger partial charge in [-0.15, -0.1) is 12.4 Å². The number of halogens is 2. The van der Waals surface area contributed by atoms with E-state index in [-0.39, 0.29) is 24.2 Å². The fraction of sp³-hybridized carbons (Fsp3) is 0.467. The highest BCUT2D eigenvalue weighted by Gasteiger charge is 2.05. The Morgan fingerprint density at radius 1 is 1.00 bits per heavy atom. The number of hydrogen-bond acceptors (Lipinski definition) is 3. The summed E-state index contributed by atoms with van der Waals surface area (Å²) in [5, 5.41) is 6.19. The van der Waals surface area contributed by atoms with Crippen molar-refractivity contribution in [3.05, 3.63) is 34.9 Å². The van der Waals surface area contributed by atoms with Gasteiger partial charge in [-0.05, 0) is 50.1 Å². The van der Waals surface area contributed by atoms with E-state index in [0.29, 0.717) is 43.1 Å². The largest absolute Gasteiger partial charge is 0.356 e. The molecule has 1 aromatic rings. The monoisotopic (exact) mass is 347 g/mol. The molecule has 1 rings (SSSR count). The van der Waals surface area contributed by atoms with Gasteiger partial charge >= 0.3 is 0 Å². The zero-order chi connectivity index (χ0) is 15.5. The number of nitrogens with one attached hydrogen (secondary N) is 2. The van der Waals surface area contributed by atoms with Crippen molar-refractivity contribution >= 4 is 35.8 Å². The van der Waals surface area contributed by atoms with E-state index in [2.05, 4.69) is 10.6 Å². The molecular weight excluding hydrogens is 325 g/mol. The summed E-state index contributed by atoms with van der Waals surface area (Å²) in [6.45, 7) is 1.78. The molecule has 0 fully saturated rings. The summed E-state index contributed by atoms with van der Waals surface area (Å²) < 4.78 is 0. The minimum atomic E-state index is -0.157. The topological polar surface area (TPSA) is 84.2 Å². The van der Waals surface area contributed by atoms with Gasteiger partial charge in [-0.3, -0.25) is 9.59 Å². The maximum atomic E-state index is 11.8. The summed E-state index contributed by atoms with van der Waals surface area (Å²) in [7, 11) is 0. The third-order valence-corrected chi connectivity index (χ3v) is 3.18. The van der Waals surface area contributed by atoms with Gasteiger partial charge in [-0.25, -0.2) is 0 Å². The summed E-state index contributed by atoms with van der Waals surface area (Å²) in [6, 6.07) is 6.68. The Bertz CT molecular complexity index is 453. The van der Waals surface area contributed by atoms with E-state index in [0.717, 1.165) is 12.8 Å². The van der Waals surface area contributed by atoms with Gasteiger partial charge in [0, 0.05) is 30.1 Å². The Balaban J connectivity index is 0.00000441. The molecule has 1 aromatic carbocycles. The van der Waals surface area contributed by atoms with Crippen LogP contribution in [0.15, 0.2) is 24.3 Å².